The lowest BCUT2D eigenvalue weighted by Gasteiger charge is -2.26. The number of nitrogens with one attached hydrogen (secondary N) is 1. The highest BCUT2D eigenvalue weighted by molar-refractivity contribution is 5.96. The number of carbonyl (C=O) groups excluding carboxylic acids is 1. The normalized spacial score (nSPS) is 15.6. The smallest absolute Gasteiger partial charge is 0.226 e. The summed E-state index contributed by atoms with van der Waals surface area (Å²) in [6.45, 7) is 2.10. The predicted molar refractivity (Wildman–Crippen MR) is 115 cm³/mol. The Labute approximate surface area is 169 Å². The summed E-state index contributed by atoms with van der Waals surface area (Å²) in [4.78, 5) is 12.7. The van der Waals surface area contributed by atoms with Crippen molar-refractivity contribution < 1.29 is 4.79 Å². The van der Waals surface area contributed by atoms with Crippen LogP contribution in [0.5, 0.6) is 0 Å². The number of amides is 1. The van der Waals surface area contributed by atoms with Gasteiger partial charge in [0.1, 0.15) is 5.82 Å². The lowest BCUT2D eigenvalue weighted by atomic mass is 9.82. The van der Waals surface area contributed by atoms with Crippen molar-refractivity contribution in [2.75, 3.05) is 5.32 Å². The highest BCUT2D eigenvalue weighted by Crippen LogP contribution is 2.44. The molecular weight excluding hydrogens is 358 g/mol. The number of fused-ring (bicyclic) bond motifs is 1. The number of carbonyl (C=O) groups is 1. The molecule has 3 aromatic carbocycles. The number of para-hydroxylation sites is 1. The van der Waals surface area contributed by atoms with Crippen molar-refractivity contribution in [2.24, 2.45) is 0 Å². The molecule has 2 heterocycles. The van der Waals surface area contributed by atoms with E-state index in [0.717, 1.165) is 28.3 Å². The number of rotatable bonds is 3. The molecule has 4 aromatic rings. The minimum absolute atomic E-state index is 0.0162. The van der Waals surface area contributed by atoms with E-state index in [2.05, 4.69) is 36.5 Å². The monoisotopic (exact) mass is 379 g/mol. The molecule has 0 fully saturated rings. The molecule has 142 valence electrons. The summed E-state index contributed by atoms with van der Waals surface area (Å²) >= 11 is 0. The van der Waals surface area contributed by atoms with E-state index in [4.69, 9.17) is 5.10 Å². The average molecular weight is 379 g/mol. The maximum absolute atomic E-state index is 12.7. The van der Waals surface area contributed by atoms with E-state index in [1.54, 1.807) is 0 Å². The quantitative estimate of drug-likeness (QED) is 0.523. The number of nitrogens with zero attached hydrogens (tertiary/aromatic N) is 2. The van der Waals surface area contributed by atoms with Crippen molar-refractivity contribution in [3.63, 3.8) is 0 Å². The Morgan fingerprint density at radius 2 is 1.55 bits per heavy atom. The molecule has 5 rings (SSSR count). The molecule has 4 heteroatoms. The van der Waals surface area contributed by atoms with Crippen molar-refractivity contribution in [3.8, 4) is 16.9 Å². The molecule has 0 aliphatic carbocycles. The van der Waals surface area contributed by atoms with Gasteiger partial charge in [0.25, 0.3) is 0 Å². The van der Waals surface area contributed by atoms with E-state index in [1.807, 2.05) is 65.3 Å². The van der Waals surface area contributed by atoms with Crippen LogP contribution in [-0.2, 0) is 4.79 Å². The van der Waals surface area contributed by atoms with Crippen LogP contribution in [-0.4, -0.2) is 15.7 Å². The molecule has 0 unspecified atom stereocenters. The van der Waals surface area contributed by atoms with Gasteiger partial charge < -0.3 is 5.32 Å². The zero-order chi connectivity index (χ0) is 19.8. The van der Waals surface area contributed by atoms with E-state index in [-0.39, 0.29) is 11.8 Å². The summed E-state index contributed by atoms with van der Waals surface area (Å²) in [6, 6.07) is 28.4. The largest absolute Gasteiger partial charge is 0.310 e. The second kappa shape index (κ2) is 7.06. The Morgan fingerprint density at radius 3 is 2.28 bits per heavy atom. The second-order valence-electron chi connectivity index (χ2n) is 7.39. The summed E-state index contributed by atoms with van der Waals surface area (Å²) in [5.41, 5.74) is 6.33. The molecule has 0 radical (unpaired) electrons. The first-order valence-corrected chi connectivity index (χ1v) is 9.81. The molecule has 0 spiro atoms. The summed E-state index contributed by atoms with van der Waals surface area (Å²) < 4.78 is 1.86. The fraction of sp³-hybridized carbons (Fsp3) is 0.120. The van der Waals surface area contributed by atoms with Gasteiger partial charge in [-0.15, -0.1) is 0 Å². The number of aromatic nitrogens is 2. The SMILES string of the molecule is Cc1ccccc1[C@H]1CC(=O)Nc2c1c(-c1ccccc1)nn2-c1ccccc1. The highest BCUT2D eigenvalue weighted by Gasteiger charge is 2.34. The standard InChI is InChI=1S/C25H21N3O/c1-17-10-8-9-15-20(17)21-16-22(29)26-25-23(21)24(18-11-4-2-5-12-18)27-28(25)19-13-6-3-7-14-19/h2-15,21H,16H2,1H3,(H,26,29)/t21-/m1/s1. The highest BCUT2D eigenvalue weighted by atomic mass is 16.1. The number of aryl methyl sites for hydroxylation is 1. The van der Waals surface area contributed by atoms with Crippen molar-refractivity contribution in [3.05, 3.63) is 102 Å². The van der Waals surface area contributed by atoms with E-state index >= 15 is 0 Å². The van der Waals surface area contributed by atoms with Crippen LogP contribution in [0, 0.1) is 6.92 Å². The van der Waals surface area contributed by atoms with Gasteiger partial charge in [0.2, 0.25) is 5.91 Å². The Hall–Kier alpha value is -3.66. The van der Waals surface area contributed by atoms with Crippen LogP contribution >= 0.6 is 0 Å². The first-order valence-electron chi connectivity index (χ1n) is 9.81. The maximum atomic E-state index is 12.7. The van der Waals surface area contributed by atoms with Gasteiger partial charge in [-0.05, 0) is 30.2 Å². The van der Waals surface area contributed by atoms with Gasteiger partial charge >= 0.3 is 0 Å². The molecule has 4 nitrogen and oxygen atoms in total. The van der Waals surface area contributed by atoms with Gasteiger partial charge in [0.05, 0.1) is 11.4 Å². The first-order chi connectivity index (χ1) is 14.2. The Kier molecular flexibility index (Phi) is 4.24. The second-order valence-corrected chi connectivity index (χ2v) is 7.39. The third-order valence-corrected chi connectivity index (χ3v) is 5.53. The predicted octanol–water partition coefficient (Wildman–Crippen LogP) is 5.32. The van der Waals surface area contributed by atoms with Crippen LogP contribution in [0.2, 0.25) is 0 Å². The summed E-state index contributed by atoms with van der Waals surface area (Å²) in [6.07, 6.45) is 0.415. The molecule has 0 bridgehead atoms. The fourth-order valence-electron chi connectivity index (χ4n) is 4.16. The maximum Gasteiger partial charge on any atom is 0.226 e. The summed E-state index contributed by atoms with van der Waals surface area (Å²) in [7, 11) is 0. The molecule has 1 N–H and O–H groups in total. The van der Waals surface area contributed by atoms with Gasteiger partial charge in [0, 0.05) is 23.5 Å². The third-order valence-electron chi connectivity index (χ3n) is 5.53. The Balaban J connectivity index is 1.80. The Bertz CT molecular complexity index is 1180. The van der Waals surface area contributed by atoms with Crippen molar-refractivity contribution >= 4 is 11.7 Å². The van der Waals surface area contributed by atoms with Crippen LogP contribution in [0.3, 0.4) is 0 Å². The van der Waals surface area contributed by atoms with E-state index in [9.17, 15) is 4.79 Å². The first kappa shape index (κ1) is 17.4. The number of anilines is 1. The lowest BCUT2D eigenvalue weighted by molar-refractivity contribution is -0.116. The van der Waals surface area contributed by atoms with Crippen molar-refractivity contribution in [1.82, 2.24) is 9.78 Å². The lowest BCUT2D eigenvalue weighted by Crippen LogP contribution is -2.25. The van der Waals surface area contributed by atoms with Gasteiger partial charge in [-0.2, -0.15) is 5.10 Å². The minimum atomic E-state index is -0.0346. The summed E-state index contributed by atoms with van der Waals surface area (Å²) in [5.74, 6) is 0.745. The van der Waals surface area contributed by atoms with Crippen LogP contribution in [0.4, 0.5) is 5.82 Å². The van der Waals surface area contributed by atoms with Crippen LogP contribution < -0.4 is 5.32 Å². The molecule has 29 heavy (non-hydrogen) atoms. The topological polar surface area (TPSA) is 46.9 Å². The van der Waals surface area contributed by atoms with E-state index in [0.29, 0.717) is 6.42 Å². The van der Waals surface area contributed by atoms with Gasteiger partial charge in [-0.3, -0.25) is 4.79 Å². The van der Waals surface area contributed by atoms with Crippen LogP contribution in [0.25, 0.3) is 16.9 Å². The average Bonchev–Trinajstić information content (AvgIpc) is 3.14. The van der Waals surface area contributed by atoms with Crippen LogP contribution in [0.15, 0.2) is 84.9 Å². The third kappa shape index (κ3) is 3.03. The molecule has 1 aromatic heterocycles. The zero-order valence-corrected chi connectivity index (χ0v) is 16.2. The molecule has 0 saturated carbocycles. The molecule has 1 amide bonds. The number of benzene rings is 3. The number of hydrogen-bond donors (Lipinski definition) is 1. The molecule has 1 aliphatic rings. The molecular formula is C25H21N3O. The Morgan fingerprint density at radius 1 is 0.897 bits per heavy atom. The summed E-state index contributed by atoms with van der Waals surface area (Å²) in [5, 5.41) is 8.07. The molecule has 1 atom stereocenters. The number of hydrogen-bond acceptors (Lipinski definition) is 2. The van der Waals surface area contributed by atoms with Crippen molar-refractivity contribution in [2.45, 2.75) is 19.3 Å². The van der Waals surface area contributed by atoms with Gasteiger partial charge in [0.15, 0.2) is 0 Å². The zero-order valence-electron chi connectivity index (χ0n) is 16.2. The minimum Gasteiger partial charge on any atom is -0.310 e. The van der Waals surface area contributed by atoms with Gasteiger partial charge in [-0.25, -0.2) is 4.68 Å². The molecule has 1 aliphatic heterocycles. The van der Waals surface area contributed by atoms with Crippen LogP contribution in [0.1, 0.15) is 29.0 Å². The van der Waals surface area contributed by atoms with E-state index in [1.165, 1.54) is 11.1 Å². The van der Waals surface area contributed by atoms with E-state index < -0.39 is 0 Å². The fourth-order valence-corrected chi connectivity index (χ4v) is 4.16. The van der Waals surface area contributed by atoms with Gasteiger partial charge in [-0.1, -0.05) is 72.8 Å². The molecule has 0 saturated heterocycles. The van der Waals surface area contributed by atoms with Crippen molar-refractivity contribution in [1.29, 1.82) is 0 Å².